The third-order valence-corrected chi connectivity index (χ3v) is 4.05. The van der Waals surface area contributed by atoms with Gasteiger partial charge in [0.25, 0.3) is 0 Å². The zero-order valence-electron chi connectivity index (χ0n) is 11.6. The maximum Gasteiger partial charge on any atom is 0.348 e. The Balaban J connectivity index is 1.84. The second kappa shape index (κ2) is 5.71. The normalized spacial score (nSPS) is 17.5. The average Bonchev–Trinajstić information content (AvgIpc) is 2.51. The number of aliphatic hydroxyl groups excluding tert-OH is 1. The molecule has 21 heavy (non-hydrogen) atoms. The summed E-state index contributed by atoms with van der Waals surface area (Å²) in [7, 11) is 0. The van der Waals surface area contributed by atoms with Gasteiger partial charge in [-0.05, 0) is 5.56 Å². The summed E-state index contributed by atoms with van der Waals surface area (Å²) in [6.07, 6.45) is 2.07. The van der Waals surface area contributed by atoms with E-state index in [4.69, 9.17) is 9.52 Å². The number of aromatic hydroxyl groups is 1. The molecule has 1 atom stereocenters. The highest BCUT2D eigenvalue weighted by Crippen LogP contribution is 2.19. The smallest absolute Gasteiger partial charge is 0.348 e. The van der Waals surface area contributed by atoms with Crippen molar-refractivity contribution in [3.05, 3.63) is 63.2 Å². The van der Waals surface area contributed by atoms with Gasteiger partial charge in [0.15, 0.2) is 0 Å². The summed E-state index contributed by atoms with van der Waals surface area (Å²) in [4.78, 5) is 13.0. The molecule has 1 aromatic heterocycles. The summed E-state index contributed by atoms with van der Waals surface area (Å²) in [5.41, 5.74) is 2.59. The molecule has 0 bridgehead atoms. The summed E-state index contributed by atoms with van der Waals surface area (Å²) >= 11 is 0. The Hall–Kier alpha value is -2.11. The topological polar surface area (TPSA) is 75.1 Å². The first-order valence-corrected chi connectivity index (χ1v) is 7.02. The van der Waals surface area contributed by atoms with Gasteiger partial charge in [0, 0.05) is 12.0 Å². The number of hydrogen-bond acceptors (Lipinski definition) is 4. The zero-order chi connectivity index (χ0) is 14.8. The van der Waals surface area contributed by atoms with Gasteiger partial charge in [0.2, 0.25) is 0 Å². The molecule has 1 aliphatic rings. The van der Waals surface area contributed by atoms with Crippen LogP contribution in [0.3, 0.4) is 0 Å². The maximum absolute atomic E-state index is 11.8. The Bertz CT molecular complexity index is 708. The van der Waals surface area contributed by atoms with E-state index in [1.54, 1.807) is 0 Å². The van der Waals surface area contributed by atoms with Crippen LogP contribution in [0.4, 0.5) is 0 Å². The van der Waals surface area contributed by atoms with Crippen LogP contribution < -0.4 is 10.5 Å². The molecule has 1 aliphatic heterocycles. The molecular formula is C16H18NO4+. The Labute approximate surface area is 122 Å². The van der Waals surface area contributed by atoms with Crippen LogP contribution >= 0.6 is 0 Å². The van der Waals surface area contributed by atoms with Crippen LogP contribution in [0.25, 0.3) is 0 Å². The molecule has 1 unspecified atom stereocenters. The van der Waals surface area contributed by atoms with Gasteiger partial charge in [0.05, 0.1) is 18.7 Å². The van der Waals surface area contributed by atoms with Crippen molar-refractivity contribution in [2.24, 2.45) is 0 Å². The van der Waals surface area contributed by atoms with Crippen LogP contribution in [0.5, 0.6) is 5.75 Å². The van der Waals surface area contributed by atoms with E-state index in [9.17, 15) is 9.90 Å². The lowest BCUT2D eigenvalue weighted by Crippen LogP contribution is -3.10. The van der Waals surface area contributed by atoms with E-state index in [2.05, 4.69) is 12.1 Å². The van der Waals surface area contributed by atoms with Crippen molar-refractivity contribution in [3.63, 3.8) is 0 Å². The number of hydrogen-bond donors (Lipinski definition) is 3. The third-order valence-electron chi connectivity index (χ3n) is 4.05. The average molecular weight is 288 g/mol. The fourth-order valence-electron chi connectivity index (χ4n) is 2.85. The number of quaternary nitrogens is 1. The standard InChI is InChI=1S/C16H17NO4/c18-9-13-10-21-16(20)14(15(13)19)8-17-6-5-11-3-1-2-4-12(11)7-17/h1-4,10,18-19H,5-9H2/p+1. The van der Waals surface area contributed by atoms with Crippen LogP contribution in [0, 0.1) is 0 Å². The number of benzene rings is 1. The van der Waals surface area contributed by atoms with Crippen molar-refractivity contribution < 1.29 is 19.5 Å². The molecule has 5 heteroatoms. The van der Waals surface area contributed by atoms with E-state index in [0.29, 0.717) is 6.54 Å². The monoisotopic (exact) mass is 288 g/mol. The predicted molar refractivity (Wildman–Crippen MR) is 75.9 cm³/mol. The summed E-state index contributed by atoms with van der Waals surface area (Å²) in [6.45, 7) is 1.77. The molecule has 0 fully saturated rings. The zero-order valence-corrected chi connectivity index (χ0v) is 11.6. The highest BCUT2D eigenvalue weighted by molar-refractivity contribution is 5.35. The molecule has 0 aliphatic carbocycles. The maximum atomic E-state index is 11.8. The van der Waals surface area contributed by atoms with Gasteiger partial charge in [-0.3, -0.25) is 0 Å². The number of rotatable bonds is 3. The van der Waals surface area contributed by atoms with E-state index in [0.717, 1.165) is 25.8 Å². The minimum Gasteiger partial charge on any atom is -0.507 e. The van der Waals surface area contributed by atoms with Gasteiger partial charge in [-0.25, -0.2) is 4.79 Å². The van der Waals surface area contributed by atoms with Crippen molar-refractivity contribution in [3.8, 4) is 5.75 Å². The molecule has 0 saturated heterocycles. The number of aliphatic hydroxyl groups is 1. The van der Waals surface area contributed by atoms with Crippen LogP contribution in [0.1, 0.15) is 22.3 Å². The lowest BCUT2D eigenvalue weighted by atomic mass is 9.99. The minimum absolute atomic E-state index is 0.139. The fraction of sp³-hybridized carbons (Fsp3) is 0.312. The second-order valence-corrected chi connectivity index (χ2v) is 5.41. The van der Waals surface area contributed by atoms with Crippen LogP contribution in [0.2, 0.25) is 0 Å². The predicted octanol–water partition coefficient (Wildman–Crippen LogP) is -0.0211. The summed E-state index contributed by atoms with van der Waals surface area (Å²) in [5, 5.41) is 19.2. The van der Waals surface area contributed by atoms with E-state index >= 15 is 0 Å². The summed E-state index contributed by atoms with van der Waals surface area (Å²) in [5.74, 6) is -0.139. The van der Waals surface area contributed by atoms with Crippen LogP contribution in [-0.4, -0.2) is 16.8 Å². The second-order valence-electron chi connectivity index (χ2n) is 5.41. The lowest BCUT2D eigenvalue weighted by Gasteiger charge is -2.25. The Morgan fingerprint density at radius 2 is 2.00 bits per heavy atom. The highest BCUT2D eigenvalue weighted by atomic mass is 16.4. The van der Waals surface area contributed by atoms with Gasteiger partial charge in [-0.15, -0.1) is 0 Å². The van der Waals surface area contributed by atoms with Crippen molar-refractivity contribution in [1.29, 1.82) is 0 Å². The molecular weight excluding hydrogens is 270 g/mol. The Morgan fingerprint density at radius 1 is 1.24 bits per heavy atom. The Morgan fingerprint density at radius 3 is 2.76 bits per heavy atom. The first-order chi connectivity index (χ1) is 10.2. The van der Waals surface area contributed by atoms with E-state index in [1.165, 1.54) is 16.0 Å². The molecule has 5 nitrogen and oxygen atoms in total. The molecule has 110 valence electrons. The van der Waals surface area contributed by atoms with E-state index < -0.39 is 5.63 Å². The molecule has 0 amide bonds. The van der Waals surface area contributed by atoms with Crippen LogP contribution in [-0.2, 0) is 26.1 Å². The third kappa shape index (κ3) is 2.70. The molecule has 3 N–H and O–H groups in total. The first-order valence-electron chi connectivity index (χ1n) is 7.02. The minimum atomic E-state index is -0.531. The summed E-state index contributed by atoms with van der Waals surface area (Å²) in [6, 6.07) is 8.28. The molecule has 1 aromatic carbocycles. The van der Waals surface area contributed by atoms with Crippen molar-refractivity contribution in [1.82, 2.24) is 0 Å². The molecule has 0 saturated carbocycles. The molecule has 0 radical (unpaired) electrons. The van der Waals surface area contributed by atoms with Gasteiger partial charge in [-0.1, -0.05) is 24.3 Å². The van der Waals surface area contributed by atoms with Gasteiger partial charge >= 0.3 is 5.63 Å². The largest absolute Gasteiger partial charge is 0.507 e. The quantitative estimate of drug-likeness (QED) is 0.742. The molecule has 0 spiro atoms. The van der Waals surface area contributed by atoms with Gasteiger partial charge in [0.1, 0.15) is 30.7 Å². The Kier molecular flexibility index (Phi) is 3.77. The highest BCUT2D eigenvalue weighted by Gasteiger charge is 2.23. The summed E-state index contributed by atoms with van der Waals surface area (Å²) < 4.78 is 4.88. The fourth-order valence-corrected chi connectivity index (χ4v) is 2.85. The van der Waals surface area contributed by atoms with E-state index in [1.807, 2.05) is 12.1 Å². The van der Waals surface area contributed by atoms with Crippen molar-refractivity contribution in [2.75, 3.05) is 6.54 Å². The SMILES string of the molecule is O=c1occ(CO)c(O)c1C[NH+]1CCc2ccccc2C1. The van der Waals surface area contributed by atoms with E-state index in [-0.39, 0.29) is 23.5 Å². The molecule has 3 rings (SSSR count). The molecule has 2 aromatic rings. The lowest BCUT2D eigenvalue weighted by molar-refractivity contribution is -0.929. The van der Waals surface area contributed by atoms with Gasteiger partial charge in [-0.2, -0.15) is 0 Å². The van der Waals surface area contributed by atoms with Gasteiger partial charge < -0.3 is 19.5 Å². The number of fused-ring (bicyclic) bond motifs is 1. The molecule has 2 heterocycles. The van der Waals surface area contributed by atoms with Crippen molar-refractivity contribution in [2.45, 2.75) is 26.1 Å². The van der Waals surface area contributed by atoms with Crippen molar-refractivity contribution >= 4 is 0 Å². The number of nitrogens with one attached hydrogen (secondary N) is 1. The van der Waals surface area contributed by atoms with Crippen LogP contribution in [0.15, 0.2) is 39.7 Å². The first kappa shape index (κ1) is 13.9.